The van der Waals surface area contributed by atoms with E-state index in [9.17, 15) is 19.4 Å². The molecule has 0 aliphatic heterocycles. The molecular formula is C31H43FO6. The van der Waals surface area contributed by atoms with E-state index >= 15 is 0 Å². The summed E-state index contributed by atoms with van der Waals surface area (Å²) in [5.74, 6) is -0.245. The molecule has 6 nitrogen and oxygen atoms in total. The van der Waals surface area contributed by atoms with Gasteiger partial charge in [0.15, 0.2) is 11.6 Å². The first-order valence-corrected chi connectivity index (χ1v) is 13.5. The van der Waals surface area contributed by atoms with Crippen LogP contribution in [-0.4, -0.2) is 49.2 Å². The Kier molecular flexibility index (Phi) is 13.9. The highest BCUT2D eigenvalue weighted by Gasteiger charge is 2.32. The molecule has 7 heteroatoms. The quantitative estimate of drug-likeness (QED) is 0.123. The highest BCUT2D eigenvalue weighted by molar-refractivity contribution is 5.86. The van der Waals surface area contributed by atoms with Crippen LogP contribution in [0.2, 0.25) is 0 Å². The molecule has 0 unspecified atom stereocenters. The van der Waals surface area contributed by atoms with E-state index < -0.39 is 30.4 Å². The summed E-state index contributed by atoms with van der Waals surface area (Å²) in [5.41, 5.74) is 0.583. The molecular weight excluding hydrogens is 487 g/mol. The molecule has 0 fully saturated rings. The molecule has 0 saturated heterocycles. The van der Waals surface area contributed by atoms with Gasteiger partial charge in [0.1, 0.15) is 19.0 Å². The van der Waals surface area contributed by atoms with Crippen LogP contribution in [0.4, 0.5) is 4.39 Å². The van der Waals surface area contributed by atoms with Crippen molar-refractivity contribution in [2.24, 2.45) is 5.41 Å². The molecule has 2 aromatic carbocycles. The molecule has 2 aromatic rings. The van der Waals surface area contributed by atoms with Crippen LogP contribution in [0.3, 0.4) is 0 Å². The third-order valence-corrected chi connectivity index (χ3v) is 6.45. The molecule has 38 heavy (non-hydrogen) atoms. The number of rotatable bonds is 19. The maximum atomic E-state index is 14.6. The lowest BCUT2D eigenvalue weighted by molar-refractivity contribution is -0.146. The highest BCUT2D eigenvalue weighted by Crippen LogP contribution is 2.28. The number of halogens is 1. The first-order valence-electron chi connectivity index (χ1n) is 13.5. The lowest BCUT2D eigenvalue weighted by Gasteiger charge is -2.29. The van der Waals surface area contributed by atoms with Crippen LogP contribution < -0.4 is 9.47 Å². The molecule has 0 heterocycles. The Balaban J connectivity index is 1.84. The van der Waals surface area contributed by atoms with Crippen LogP contribution in [0.15, 0.2) is 54.6 Å². The topological polar surface area (TPSA) is 85.2 Å². The lowest BCUT2D eigenvalue weighted by Crippen LogP contribution is -2.41. The predicted octanol–water partition coefficient (Wildman–Crippen LogP) is 6.48. The van der Waals surface area contributed by atoms with Crippen molar-refractivity contribution in [2.45, 2.75) is 65.2 Å². The molecule has 0 aromatic heterocycles. The largest absolute Gasteiger partial charge is 0.493 e. The molecule has 2 rings (SSSR count). The van der Waals surface area contributed by atoms with E-state index in [1.54, 1.807) is 30.3 Å². The van der Waals surface area contributed by atoms with Gasteiger partial charge in [-0.2, -0.15) is 0 Å². The minimum Gasteiger partial charge on any atom is -0.493 e. The zero-order chi connectivity index (χ0) is 27.8. The Morgan fingerprint density at radius 2 is 1.47 bits per heavy atom. The lowest BCUT2D eigenvalue weighted by atomic mass is 9.92. The van der Waals surface area contributed by atoms with Gasteiger partial charge in [0, 0.05) is 5.57 Å². The molecule has 0 saturated carbocycles. The van der Waals surface area contributed by atoms with E-state index in [1.807, 2.05) is 6.07 Å². The summed E-state index contributed by atoms with van der Waals surface area (Å²) in [4.78, 5) is 11.7. The van der Waals surface area contributed by atoms with Crippen molar-refractivity contribution < 1.29 is 33.6 Å². The van der Waals surface area contributed by atoms with E-state index in [1.165, 1.54) is 51.5 Å². The van der Waals surface area contributed by atoms with Crippen LogP contribution in [0.1, 0.15) is 65.2 Å². The van der Waals surface area contributed by atoms with E-state index in [0.29, 0.717) is 17.9 Å². The first kappa shape index (κ1) is 31.3. The molecule has 0 aliphatic carbocycles. The van der Waals surface area contributed by atoms with Gasteiger partial charge in [-0.15, -0.1) is 0 Å². The van der Waals surface area contributed by atoms with Crippen molar-refractivity contribution in [3.05, 3.63) is 60.4 Å². The summed E-state index contributed by atoms with van der Waals surface area (Å²) in [6, 6.07) is 12.0. The van der Waals surface area contributed by atoms with Gasteiger partial charge in [-0.25, -0.2) is 9.18 Å². The molecule has 2 N–H and O–H groups in total. The van der Waals surface area contributed by atoms with Gasteiger partial charge >= 0.3 is 5.97 Å². The van der Waals surface area contributed by atoms with E-state index in [-0.39, 0.29) is 24.5 Å². The van der Waals surface area contributed by atoms with E-state index in [4.69, 9.17) is 14.2 Å². The minimum absolute atomic E-state index is 0.0671. The number of unbranched alkanes of at least 4 members (excludes halogenated alkanes) is 7. The number of carbonyl (C=O) groups is 1. The molecule has 210 valence electrons. The summed E-state index contributed by atoms with van der Waals surface area (Å²) < 4.78 is 31.1. The standard InChI is InChI=1S/C31H43FO6/c1-4-5-6-7-8-9-10-11-18-36-29-17-14-26(19-28(29)32)25-12-15-27(16-13-25)37-22-31(20-33,21-34)23-38-30(35)24(2)3/h12-17,19,33-34H,2,4-11,18,20-23H2,1,3H3. The number of hydrogen-bond acceptors (Lipinski definition) is 6. The number of hydrogen-bond donors (Lipinski definition) is 2. The van der Waals surface area contributed by atoms with Gasteiger partial charge < -0.3 is 24.4 Å². The Hall–Kier alpha value is -2.90. The average molecular weight is 531 g/mol. The van der Waals surface area contributed by atoms with Gasteiger partial charge in [-0.3, -0.25) is 0 Å². The molecule has 0 aliphatic rings. The molecule has 0 amide bonds. The summed E-state index contributed by atoms with van der Waals surface area (Å²) in [5, 5.41) is 19.6. The summed E-state index contributed by atoms with van der Waals surface area (Å²) in [6.45, 7) is 6.61. The van der Waals surface area contributed by atoms with Crippen molar-refractivity contribution in [2.75, 3.05) is 33.0 Å². The number of carbonyl (C=O) groups excluding carboxylic acids is 1. The summed E-state index contributed by atoms with van der Waals surface area (Å²) >= 11 is 0. The van der Waals surface area contributed by atoms with Gasteiger partial charge in [-0.05, 0) is 48.7 Å². The van der Waals surface area contributed by atoms with Crippen molar-refractivity contribution in [3.63, 3.8) is 0 Å². The zero-order valence-electron chi connectivity index (χ0n) is 22.8. The van der Waals surface area contributed by atoms with Gasteiger partial charge in [-0.1, -0.05) is 76.6 Å². The second kappa shape index (κ2) is 16.8. The van der Waals surface area contributed by atoms with Gasteiger partial charge in [0.05, 0.1) is 25.2 Å². The minimum atomic E-state index is -1.16. The Morgan fingerprint density at radius 1 is 0.868 bits per heavy atom. The van der Waals surface area contributed by atoms with Gasteiger partial charge in [0.25, 0.3) is 0 Å². The third-order valence-electron chi connectivity index (χ3n) is 6.45. The van der Waals surface area contributed by atoms with Crippen molar-refractivity contribution in [3.8, 4) is 22.6 Å². The predicted molar refractivity (Wildman–Crippen MR) is 148 cm³/mol. The molecule has 0 atom stereocenters. The van der Waals surface area contributed by atoms with Crippen LogP contribution in [-0.2, 0) is 9.53 Å². The third kappa shape index (κ3) is 10.5. The second-order valence-corrected chi connectivity index (χ2v) is 9.95. The highest BCUT2D eigenvalue weighted by atomic mass is 19.1. The fraction of sp³-hybridized carbons (Fsp3) is 0.516. The maximum absolute atomic E-state index is 14.6. The summed E-state index contributed by atoms with van der Waals surface area (Å²) in [6.07, 6.45) is 9.62. The van der Waals surface area contributed by atoms with Gasteiger partial charge in [0.2, 0.25) is 0 Å². The first-order chi connectivity index (χ1) is 18.3. The Bertz CT molecular complexity index is 984. The van der Waals surface area contributed by atoms with Crippen LogP contribution in [0.25, 0.3) is 11.1 Å². The Morgan fingerprint density at radius 3 is 2.05 bits per heavy atom. The zero-order valence-corrected chi connectivity index (χ0v) is 22.8. The number of esters is 1. The fourth-order valence-corrected chi connectivity index (χ4v) is 3.81. The van der Waals surface area contributed by atoms with Crippen LogP contribution in [0, 0.1) is 11.2 Å². The smallest absolute Gasteiger partial charge is 0.333 e. The van der Waals surface area contributed by atoms with Crippen molar-refractivity contribution in [1.82, 2.24) is 0 Å². The van der Waals surface area contributed by atoms with Crippen LogP contribution in [0.5, 0.6) is 11.5 Å². The Labute approximate surface area is 226 Å². The average Bonchev–Trinajstić information content (AvgIpc) is 2.93. The number of aliphatic hydroxyl groups is 2. The SMILES string of the molecule is C=C(C)C(=O)OCC(CO)(CO)COc1ccc(-c2ccc(OCCCCCCCCCC)c(F)c2)cc1. The monoisotopic (exact) mass is 530 g/mol. The normalized spacial score (nSPS) is 11.3. The van der Waals surface area contributed by atoms with E-state index in [2.05, 4.69) is 13.5 Å². The van der Waals surface area contributed by atoms with Crippen molar-refractivity contribution in [1.29, 1.82) is 0 Å². The fourth-order valence-electron chi connectivity index (χ4n) is 3.81. The second-order valence-electron chi connectivity index (χ2n) is 9.95. The molecule has 0 bridgehead atoms. The molecule has 0 radical (unpaired) electrons. The van der Waals surface area contributed by atoms with Crippen molar-refractivity contribution >= 4 is 5.97 Å². The number of benzene rings is 2. The van der Waals surface area contributed by atoms with Crippen LogP contribution >= 0.6 is 0 Å². The number of ether oxygens (including phenoxy) is 3. The number of aliphatic hydroxyl groups excluding tert-OH is 2. The maximum Gasteiger partial charge on any atom is 0.333 e. The van der Waals surface area contributed by atoms with E-state index in [0.717, 1.165) is 18.4 Å². The summed E-state index contributed by atoms with van der Waals surface area (Å²) in [7, 11) is 0. The molecule has 0 spiro atoms.